The van der Waals surface area contributed by atoms with Gasteiger partial charge in [0.1, 0.15) is 0 Å². The Morgan fingerprint density at radius 3 is 3.18 bits per heavy atom. The maximum atomic E-state index is 10.6. The molecule has 0 aliphatic rings. The highest BCUT2D eigenvalue weighted by atomic mass is 16.5. The molecule has 4 nitrogen and oxygen atoms in total. The molecule has 0 aliphatic carbocycles. The van der Waals surface area contributed by atoms with Crippen LogP contribution in [0.25, 0.3) is 0 Å². The number of rotatable bonds is 3. The monoisotopic (exact) mass is 153 g/mol. The lowest BCUT2D eigenvalue weighted by Crippen LogP contribution is -2.06. The molecule has 1 radical (unpaired) electrons. The molecule has 0 amide bonds. The number of hydrogen-bond acceptors (Lipinski definition) is 3. The van der Waals surface area contributed by atoms with Crippen LogP contribution in [0.15, 0.2) is 12.4 Å². The number of hydrogen-bond donors (Lipinski definition) is 0. The minimum Gasteiger partial charge on any atom is -0.469 e. The number of esters is 1. The van der Waals surface area contributed by atoms with Crippen LogP contribution in [-0.2, 0) is 16.1 Å². The van der Waals surface area contributed by atoms with E-state index in [-0.39, 0.29) is 5.97 Å². The van der Waals surface area contributed by atoms with Crippen molar-refractivity contribution < 1.29 is 9.53 Å². The third-order valence-corrected chi connectivity index (χ3v) is 1.28. The zero-order valence-electron chi connectivity index (χ0n) is 6.28. The van der Waals surface area contributed by atoms with Gasteiger partial charge in [0.05, 0.1) is 26.3 Å². The third kappa shape index (κ3) is 2.41. The second kappa shape index (κ2) is 3.75. The Balaban J connectivity index is 2.29. The summed E-state index contributed by atoms with van der Waals surface area (Å²) in [5, 5.41) is 3.88. The van der Waals surface area contributed by atoms with Gasteiger partial charge in [-0.2, -0.15) is 5.10 Å². The molecule has 1 heterocycles. The molecule has 0 bridgehead atoms. The van der Waals surface area contributed by atoms with Gasteiger partial charge in [-0.05, 0) is 0 Å². The molecule has 0 aliphatic heterocycles. The topological polar surface area (TPSA) is 44.1 Å². The van der Waals surface area contributed by atoms with Crippen LogP contribution in [0.4, 0.5) is 0 Å². The molecule has 0 aromatic carbocycles. The van der Waals surface area contributed by atoms with Crippen molar-refractivity contribution in [1.82, 2.24) is 9.78 Å². The molecule has 1 aromatic heterocycles. The van der Waals surface area contributed by atoms with Gasteiger partial charge in [0.25, 0.3) is 0 Å². The first kappa shape index (κ1) is 7.78. The van der Waals surface area contributed by atoms with Crippen molar-refractivity contribution in [1.29, 1.82) is 0 Å². The van der Waals surface area contributed by atoms with Gasteiger partial charge in [-0.25, -0.2) is 0 Å². The van der Waals surface area contributed by atoms with Crippen molar-refractivity contribution in [3.8, 4) is 0 Å². The summed E-state index contributed by atoms with van der Waals surface area (Å²) in [6.45, 7) is 0.552. The van der Waals surface area contributed by atoms with Gasteiger partial charge in [0.15, 0.2) is 0 Å². The first-order valence-corrected chi connectivity index (χ1v) is 3.28. The summed E-state index contributed by atoms with van der Waals surface area (Å²) < 4.78 is 6.09. The summed E-state index contributed by atoms with van der Waals surface area (Å²) in [5.41, 5.74) is 0. The summed E-state index contributed by atoms with van der Waals surface area (Å²) >= 11 is 0. The Bertz CT molecular complexity index is 218. The van der Waals surface area contributed by atoms with E-state index in [9.17, 15) is 4.79 Å². The van der Waals surface area contributed by atoms with Crippen molar-refractivity contribution in [3.05, 3.63) is 18.5 Å². The summed E-state index contributed by atoms with van der Waals surface area (Å²) in [5.74, 6) is -0.222. The molecule has 4 heteroatoms. The van der Waals surface area contributed by atoms with E-state index in [1.54, 1.807) is 17.1 Å². The van der Waals surface area contributed by atoms with Gasteiger partial charge in [-0.3, -0.25) is 9.48 Å². The van der Waals surface area contributed by atoms with Gasteiger partial charge in [-0.1, -0.05) is 0 Å². The molecular weight excluding hydrogens is 144 g/mol. The molecule has 0 saturated heterocycles. The minimum atomic E-state index is -0.222. The SMILES string of the molecule is COC(=O)CCn1c[c]cn1. The van der Waals surface area contributed by atoms with Gasteiger partial charge in [0.2, 0.25) is 0 Å². The molecule has 11 heavy (non-hydrogen) atoms. The van der Waals surface area contributed by atoms with E-state index in [0.29, 0.717) is 13.0 Å². The number of nitrogens with zero attached hydrogens (tertiary/aromatic N) is 2. The van der Waals surface area contributed by atoms with E-state index in [1.165, 1.54) is 7.11 Å². The average Bonchev–Trinajstić information content (AvgIpc) is 2.52. The van der Waals surface area contributed by atoms with Gasteiger partial charge in [0, 0.05) is 12.3 Å². The molecule has 0 fully saturated rings. The summed E-state index contributed by atoms with van der Waals surface area (Å²) in [6, 6.07) is 2.77. The quantitative estimate of drug-likeness (QED) is 0.584. The van der Waals surface area contributed by atoms with Crippen LogP contribution in [0.2, 0.25) is 0 Å². The molecule has 0 spiro atoms. The maximum absolute atomic E-state index is 10.6. The molecule has 0 unspecified atom stereocenters. The average molecular weight is 153 g/mol. The summed E-state index contributed by atoms with van der Waals surface area (Å²) in [7, 11) is 1.37. The number of aryl methyl sites for hydroxylation is 1. The van der Waals surface area contributed by atoms with E-state index in [0.717, 1.165) is 0 Å². The number of ether oxygens (including phenoxy) is 1. The van der Waals surface area contributed by atoms with E-state index in [4.69, 9.17) is 0 Å². The van der Waals surface area contributed by atoms with E-state index in [1.807, 2.05) is 0 Å². The second-order valence-electron chi connectivity index (χ2n) is 2.03. The lowest BCUT2D eigenvalue weighted by atomic mass is 10.4. The molecule has 0 N–H and O–H groups in total. The van der Waals surface area contributed by atoms with Crippen LogP contribution in [0, 0.1) is 6.07 Å². The van der Waals surface area contributed by atoms with Gasteiger partial charge in [-0.15, -0.1) is 0 Å². The van der Waals surface area contributed by atoms with Gasteiger partial charge < -0.3 is 4.74 Å². The standard InChI is InChI=1S/C7H9N2O2/c1-11-7(10)3-6-9-5-2-4-8-9/h4-5H,3,6H2,1H3. The van der Waals surface area contributed by atoms with E-state index < -0.39 is 0 Å². The Morgan fingerprint density at radius 2 is 2.64 bits per heavy atom. The summed E-state index contributed by atoms with van der Waals surface area (Å²) in [6.07, 6.45) is 3.59. The molecule has 0 atom stereocenters. The number of carbonyl (C=O) groups excluding carboxylic acids is 1. The Kier molecular flexibility index (Phi) is 2.66. The third-order valence-electron chi connectivity index (χ3n) is 1.28. The zero-order chi connectivity index (χ0) is 8.10. The fraction of sp³-hybridized carbons (Fsp3) is 0.429. The first-order chi connectivity index (χ1) is 5.33. The van der Waals surface area contributed by atoms with Crippen molar-refractivity contribution >= 4 is 5.97 Å². The van der Waals surface area contributed by atoms with Crippen molar-refractivity contribution in [2.45, 2.75) is 13.0 Å². The van der Waals surface area contributed by atoms with Crippen molar-refractivity contribution in [2.24, 2.45) is 0 Å². The number of aromatic nitrogens is 2. The molecular formula is C7H9N2O2. The van der Waals surface area contributed by atoms with Crippen LogP contribution >= 0.6 is 0 Å². The summed E-state index contributed by atoms with van der Waals surface area (Å²) in [4.78, 5) is 10.6. The van der Waals surface area contributed by atoms with Crippen molar-refractivity contribution in [2.75, 3.05) is 7.11 Å². The molecule has 1 aromatic rings. The van der Waals surface area contributed by atoms with Gasteiger partial charge >= 0.3 is 5.97 Å². The first-order valence-electron chi connectivity index (χ1n) is 3.28. The number of carbonyl (C=O) groups is 1. The van der Waals surface area contributed by atoms with E-state index >= 15 is 0 Å². The Morgan fingerprint density at radius 1 is 1.82 bits per heavy atom. The molecule has 1 rings (SSSR count). The predicted molar refractivity (Wildman–Crippen MR) is 37.7 cm³/mol. The van der Waals surface area contributed by atoms with Crippen molar-refractivity contribution in [3.63, 3.8) is 0 Å². The van der Waals surface area contributed by atoms with E-state index in [2.05, 4.69) is 15.9 Å². The molecule has 59 valence electrons. The van der Waals surface area contributed by atoms with Crippen LogP contribution in [0.5, 0.6) is 0 Å². The van der Waals surface area contributed by atoms with Crippen LogP contribution in [0.1, 0.15) is 6.42 Å². The highest BCUT2D eigenvalue weighted by Crippen LogP contribution is 1.90. The molecule has 0 saturated carbocycles. The fourth-order valence-electron chi connectivity index (χ4n) is 0.690. The smallest absolute Gasteiger partial charge is 0.307 e. The minimum absolute atomic E-state index is 0.222. The normalized spacial score (nSPS) is 9.55. The van der Waals surface area contributed by atoms with Crippen LogP contribution in [-0.4, -0.2) is 22.9 Å². The maximum Gasteiger partial charge on any atom is 0.307 e. The largest absolute Gasteiger partial charge is 0.469 e. The lowest BCUT2D eigenvalue weighted by Gasteiger charge is -1.98. The Hall–Kier alpha value is -1.32. The lowest BCUT2D eigenvalue weighted by molar-refractivity contribution is -0.140. The second-order valence-corrected chi connectivity index (χ2v) is 2.03. The number of methoxy groups -OCH3 is 1. The Labute approximate surface area is 64.8 Å². The zero-order valence-corrected chi connectivity index (χ0v) is 6.28. The highest BCUT2D eigenvalue weighted by molar-refractivity contribution is 5.68. The predicted octanol–water partition coefficient (Wildman–Crippen LogP) is 0.246. The van der Waals surface area contributed by atoms with Crippen LogP contribution in [0.3, 0.4) is 0 Å². The fourth-order valence-corrected chi connectivity index (χ4v) is 0.690. The van der Waals surface area contributed by atoms with Crippen LogP contribution < -0.4 is 0 Å². The highest BCUT2D eigenvalue weighted by Gasteiger charge is 1.99.